The maximum atomic E-state index is 11.3. The lowest BCUT2D eigenvalue weighted by Crippen LogP contribution is -2.40. The highest BCUT2D eigenvalue weighted by Crippen LogP contribution is 2.30. The van der Waals surface area contributed by atoms with Crippen LogP contribution in [0.25, 0.3) is 0 Å². The molecule has 1 aliphatic heterocycles. The van der Waals surface area contributed by atoms with E-state index in [2.05, 4.69) is 12.2 Å². The van der Waals surface area contributed by atoms with Crippen LogP contribution in [0, 0.1) is 11.8 Å². The summed E-state index contributed by atoms with van der Waals surface area (Å²) in [4.78, 5) is 0. The maximum Gasteiger partial charge on any atom is 0.150 e. The first-order valence-electron chi connectivity index (χ1n) is 6.50. The van der Waals surface area contributed by atoms with E-state index in [9.17, 15) is 8.42 Å². The first kappa shape index (κ1) is 12.4. The zero-order valence-electron chi connectivity index (χ0n) is 10.1. The lowest BCUT2D eigenvalue weighted by Gasteiger charge is -2.25. The second-order valence-corrected chi connectivity index (χ2v) is 7.81. The standard InChI is InChI=1S/C12H23NO2S/c1-10-3-2-4-11(10)9-13-12-5-7-16(14,15)8-6-12/h10-13H,2-9H2,1H3. The van der Waals surface area contributed by atoms with Crippen molar-refractivity contribution in [2.45, 2.75) is 45.1 Å². The summed E-state index contributed by atoms with van der Waals surface area (Å²) in [5.74, 6) is 2.42. The minimum absolute atomic E-state index is 0.380. The van der Waals surface area contributed by atoms with Gasteiger partial charge >= 0.3 is 0 Å². The molecule has 0 aromatic heterocycles. The SMILES string of the molecule is CC1CCCC1CNC1CCS(=O)(=O)CC1. The molecule has 0 aromatic rings. The molecule has 2 aliphatic rings. The fraction of sp³-hybridized carbons (Fsp3) is 1.00. The van der Waals surface area contributed by atoms with Crippen molar-refractivity contribution in [1.29, 1.82) is 0 Å². The van der Waals surface area contributed by atoms with Gasteiger partial charge in [-0.05, 0) is 37.6 Å². The summed E-state index contributed by atoms with van der Waals surface area (Å²) in [6.45, 7) is 3.43. The second-order valence-electron chi connectivity index (χ2n) is 5.50. The molecule has 16 heavy (non-hydrogen) atoms. The summed E-state index contributed by atoms with van der Waals surface area (Å²) in [5.41, 5.74) is 0. The molecule has 1 aliphatic carbocycles. The molecule has 1 saturated heterocycles. The highest BCUT2D eigenvalue weighted by atomic mass is 32.2. The molecule has 0 amide bonds. The average Bonchev–Trinajstić information content (AvgIpc) is 2.63. The van der Waals surface area contributed by atoms with Gasteiger partial charge in [0.1, 0.15) is 9.84 Å². The van der Waals surface area contributed by atoms with Gasteiger partial charge in [-0.25, -0.2) is 8.42 Å². The van der Waals surface area contributed by atoms with E-state index in [-0.39, 0.29) is 0 Å². The molecular weight excluding hydrogens is 222 g/mol. The van der Waals surface area contributed by atoms with Crippen molar-refractivity contribution in [3.05, 3.63) is 0 Å². The summed E-state index contributed by atoms with van der Waals surface area (Å²) < 4.78 is 22.6. The third-order valence-corrected chi connectivity index (χ3v) is 5.98. The molecule has 1 saturated carbocycles. The van der Waals surface area contributed by atoms with Crippen LogP contribution in [0.4, 0.5) is 0 Å². The summed E-state index contributed by atoms with van der Waals surface area (Å²) in [5, 5.41) is 3.57. The molecular formula is C12H23NO2S. The van der Waals surface area contributed by atoms with Gasteiger partial charge in [0.15, 0.2) is 0 Å². The predicted octanol–water partition coefficient (Wildman–Crippen LogP) is 1.59. The first-order chi connectivity index (χ1) is 7.57. The number of sulfone groups is 1. The fourth-order valence-corrected chi connectivity index (χ4v) is 4.43. The van der Waals surface area contributed by atoms with Crippen molar-refractivity contribution >= 4 is 9.84 Å². The molecule has 0 radical (unpaired) electrons. The Balaban J connectivity index is 1.71. The quantitative estimate of drug-likeness (QED) is 0.821. The van der Waals surface area contributed by atoms with Gasteiger partial charge in [0.25, 0.3) is 0 Å². The molecule has 2 rings (SSSR count). The van der Waals surface area contributed by atoms with Gasteiger partial charge in [-0.1, -0.05) is 19.8 Å². The predicted molar refractivity (Wildman–Crippen MR) is 66.2 cm³/mol. The third-order valence-electron chi connectivity index (χ3n) is 4.26. The van der Waals surface area contributed by atoms with Gasteiger partial charge in [0.05, 0.1) is 11.5 Å². The van der Waals surface area contributed by atoms with Gasteiger partial charge in [0.2, 0.25) is 0 Å². The van der Waals surface area contributed by atoms with E-state index in [0.717, 1.165) is 31.2 Å². The Hall–Kier alpha value is -0.0900. The van der Waals surface area contributed by atoms with E-state index in [1.807, 2.05) is 0 Å². The van der Waals surface area contributed by atoms with E-state index in [0.29, 0.717) is 17.5 Å². The minimum Gasteiger partial charge on any atom is -0.314 e. The van der Waals surface area contributed by atoms with Crippen LogP contribution in [-0.2, 0) is 9.84 Å². The molecule has 2 unspecified atom stereocenters. The van der Waals surface area contributed by atoms with Gasteiger partial charge in [0, 0.05) is 6.04 Å². The van der Waals surface area contributed by atoms with Crippen molar-refractivity contribution in [3.8, 4) is 0 Å². The fourth-order valence-electron chi connectivity index (χ4n) is 2.94. The summed E-state index contributed by atoms with van der Waals surface area (Å²) in [6, 6.07) is 0.441. The second kappa shape index (κ2) is 5.05. The topological polar surface area (TPSA) is 46.2 Å². The molecule has 0 aromatic carbocycles. The highest BCUT2D eigenvalue weighted by Gasteiger charge is 2.26. The lowest BCUT2D eigenvalue weighted by molar-refractivity contribution is 0.355. The Morgan fingerprint density at radius 3 is 2.38 bits per heavy atom. The molecule has 1 N–H and O–H groups in total. The maximum absolute atomic E-state index is 11.3. The van der Waals surface area contributed by atoms with Crippen molar-refractivity contribution in [2.75, 3.05) is 18.1 Å². The molecule has 3 nitrogen and oxygen atoms in total. The number of rotatable bonds is 3. The largest absolute Gasteiger partial charge is 0.314 e. The van der Waals surface area contributed by atoms with Crippen LogP contribution >= 0.6 is 0 Å². The van der Waals surface area contributed by atoms with Gasteiger partial charge in [-0.15, -0.1) is 0 Å². The Kier molecular flexibility index (Phi) is 3.90. The van der Waals surface area contributed by atoms with Gasteiger partial charge in [-0.3, -0.25) is 0 Å². The Labute approximate surface area is 98.9 Å². The molecule has 1 heterocycles. The van der Waals surface area contributed by atoms with E-state index in [1.54, 1.807) is 0 Å². The Morgan fingerprint density at radius 2 is 1.81 bits per heavy atom. The first-order valence-corrected chi connectivity index (χ1v) is 8.33. The number of nitrogens with one attached hydrogen (secondary N) is 1. The smallest absolute Gasteiger partial charge is 0.150 e. The zero-order chi connectivity index (χ0) is 11.6. The van der Waals surface area contributed by atoms with Crippen LogP contribution in [0.15, 0.2) is 0 Å². The minimum atomic E-state index is -2.70. The molecule has 0 spiro atoms. The van der Waals surface area contributed by atoms with Gasteiger partial charge in [-0.2, -0.15) is 0 Å². The molecule has 2 fully saturated rings. The highest BCUT2D eigenvalue weighted by molar-refractivity contribution is 7.91. The molecule has 2 atom stereocenters. The van der Waals surface area contributed by atoms with Crippen LogP contribution in [0.1, 0.15) is 39.0 Å². The van der Waals surface area contributed by atoms with Crippen LogP contribution in [0.3, 0.4) is 0 Å². The van der Waals surface area contributed by atoms with Crippen LogP contribution in [0.2, 0.25) is 0 Å². The normalized spacial score (nSPS) is 35.3. The van der Waals surface area contributed by atoms with Crippen molar-refractivity contribution in [2.24, 2.45) is 11.8 Å². The van der Waals surface area contributed by atoms with E-state index >= 15 is 0 Å². The zero-order valence-corrected chi connectivity index (χ0v) is 10.9. The molecule has 4 heteroatoms. The average molecular weight is 245 g/mol. The van der Waals surface area contributed by atoms with E-state index in [4.69, 9.17) is 0 Å². The van der Waals surface area contributed by atoms with E-state index < -0.39 is 9.84 Å². The van der Waals surface area contributed by atoms with Gasteiger partial charge < -0.3 is 5.32 Å². The number of hydrogen-bond donors (Lipinski definition) is 1. The van der Waals surface area contributed by atoms with Crippen LogP contribution in [0.5, 0.6) is 0 Å². The Morgan fingerprint density at radius 1 is 1.12 bits per heavy atom. The van der Waals surface area contributed by atoms with Crippen molar-refractivity contribution < 1.29 is 8.42 Å². The van der Waals surface area contributed by atoms with Crippen LogP contribution in [-0.4, -0.2) is 32.5 Å². The van der Waals surface area contributed by atoms with E-state index in [1.165, 1.54) is 19.3 Å². The molecule has 0 bridgehead atoms. The summed E-state index contributed by atoms with van der Waals surface area (Å²) >= 11 is 0. The Bertz CT molecular complexity index is 312. The lowest BCUT2D eigenvalue weighted by atomic mass is 9.97. The van der Waals surface area contributed by atoms with Crippen LogP contribution < -0.4 is 5.32 Å². The third kappa shape index (κ3) is 3.20. The summed E-state index contributed by atoms with van der Waals surface area (Å²) in [6.07, 6.45) is 5.70. The molecule has 94 valence electrons. The van der Waals surface area contributed by atoms with Crippen molar-refractivity contribution in [3.63, 3.8) is 0 Å². The van der Waals surface area contributed by atoms with Crippen molar-refractivity contribution in [1.82, 2.24) is 5.32 Å². The number of hydrogen-bond acceptors (Lipinski definition) is 3. The monoisotopic (exact) mass is 245 g/mol. The summed E-state index contributed by atoms with van der Waals surface area (Å²) in [7, 11) is -2.70.